The molecule has 4 heteroatoms. The van der Waals surface area contributed by atoms with Gasteiger partial charge in [-0.15, -0.1) is 0 Å². The van der Waals surface area contributed by atoms with Crippen molar-refractivity contribution in [3.8, 4) is 0 Å². The number of ether oxygens (including phenoxy) is 1. The van der Waals surface area contributed by atoms with Crippen molar-refractivity contribution in [3.63, 3.8) is 0 Å². The van der Waals surface area contributed by atoms with Crippen LogP contribution in [0.4, 0.5) is 0 Å². The Morgan fingerprint density at radius 2 is 1.78 bits per heavy atom. The van der Waals surface area contributed by atoms with Gasteiger partial charge in [0.1, 0.15) is 11.6 Å². The molecule has 1 atom stereocenters. The van der Waals surface area contributed by atoms with Crippen LogP contribution in [-0.2, 0) is 9.53 Å². The number of esters is 1. The highest BCUT2D eigenvalue weighted by Gasteiger charge is 2.24. The monoisotopic (exact) mass is 249 g/mol. The Bertz CT molecular complexity index is 420. The number of hydrogen-bond acceptors (Lipinski definition) is 4. The van der Waals surface area contributed by atoms with Crippen LogP contribution < -0.4 is 5.73 Å². The molecule has 2 N–H and O–H groups in total. The Hall–Kier alpha value is -1.68. The Labute approximate surface area is 107 Å². The number of Topliss-reactive ketones (excluding diaryl/α,β-unsaturated/α-hetero) is 1. The lowest BCUT2D eigenvalue weighted by Crippen LogP contribution is -2.38. The van der Waals surface area contributed by atoms with E-state index in [9.17, 15) is 9.59 Å². The van der Waals surface area contributed by atoms with Crippen LogP contribution in [0.25, 0.3) is 0 Å². The highest BCUT2D eigenvalue weighted by Crippen LogP contribution is 2.10. The van der Waals surface area contributed by atoms with E-state index in [1.807, 2.05) is 6.07 Å². The average molecular weight is 249 g/mol. The maximum atomic E-state index is 11.8. The van der Waals surface area contributed by atoms with Crippen LogP contribution in [0.2, 0.25) is 0 Å². The fourth-order valence-electron chi connectivity index (χ4n) is 1.40. The standard InChI is InChI=1S/C14H19NO3/c1-14(2,3)18-13(17)11(15)9-12(16)10-7-5-4-6-8-10/h4-8,11H,9,15H2,1-3H3. The first kappa shape index (κ1) is 14.4. The van der Waals surface area contributed by atoms with Crippen LogP contribution in [-0.4, -0.2) is 23.4 Å². The van der Waals surface area contributed by atoms with E-state index in [-0.39, 0.29) is 12.2 Å². The molecule has 0 heterocycles. The molecule has 0 radical (unpaired) electrons. The van der Waals surface area contributed by atoms with Crippen LogP contribution in [0.15, 0.2) is 30.3 Å². The third-order valence-electron chi connectivity index (χ3n) is 2.21. The first-order valence-electron chi connectivity index (χ1n) is 5.86. The van der Waals surface area contributed by atoms with Crippen molar-refractivity contribution in [1.29, 1.82) is 0 Å². The fourth-order valence-corrected chi connectivity index (χ4v) is 1.40. The van der Waals surface area contributed by atoms with Gasteiger partial charge in [-0.05, 0) is 20.8 Å². The van der Waals surface area contributed by atoms with E-state index in [0.717, 1.165) is 0 Å². The van der Waals surface area contributed by atoms with Gasteiger partial charge in [0.2, 0.25) is 0 Å². The quantitative estimate of drug-likeness (QED) is 0.654. The third-order valence-corrected chi connectivity index (χ3v) is 2.21. The molecule has 1 aromatic carbocycles. The highest BCUT2D eigenvalue weighted by atomic mass is 16.6. The van der Waals surface area contributed by atoms with Gasteiger partial charge >= 0.3 is 5.97 Å². The number of carbonyl (C=O) groups excluding carboxylic acids is 2. The second-order valence-electron chi connectivity index (χ2n) is 5.13. The van der Waals surface area contributed by atoms with Gasteiger partial charge in [0, 0.05) is 12.0 Å². The van der Waals surface area contributed by atoms with Crippen molar-refractivity contribution in [3.05, 3.63) is 35.9 Å². The first-order chi connectivity index (χ1) is 8.29. The molecule has 0 aromatic heterocycles. The maximum Gasteiger partial charge on any atom is 0.323 e. The van der Waals surface area contributed by atoms with Crippen molar-refractivity contribution in [2.24, 2.45) is 5.73 Å². The maximum absolute atomic E-state index is 11.8. The van der Waals surface area contributed by atoms with E-state index >= 15 is 0 Å². The summed E-state index contributed by atoms with van der Waals surface area (Å²) in [6.45, 7) is 5.28. The summed E-state index contributed by atoms with van der Waals surface area (Å²) in [5.74, 6) is -0.708. The number of hydrogen-bond donors (Lipinski definition) is 1. The van der Waals surface area contributed by atoms with Crippen LogP contribution in [0.5, 0.6) is 0 Å². The van der Waals surface area contributed by atoms with Gasteiger partial charge in [0.25, 0.3) is 0 Å². The molecule has 0 bridgehead atoms. The predicted molar refractivity (Wildman–Crippen MR) is 69.2 cm³/mol. The van der Waals surface area contributed by atoms with Crippen molar-refractivity contribution < 1.29 is 14.3 Å². The van der Waals surface area contributed by atoms with Crippen LogP contribution in [0.1, 0.15) is 37.6 Å². The molecule has 0 aliphatic rings. The molecule has 0 fully saturated rings. The average Bonchev–Trinajstić information content (AvgIpc) is 2.27. The van der Waals surface area contributed by atoms with Gasteiger partial charge in [-0.25, -0.2) is 0 Å². The molecule has 1 rings (SSSR count). The summed E-state index contributed by atoms with van der Waals surface area (Å²) >= 11 is 0. The molecule has 0 aliphatic heterocycles. The summed E-state index contributed by atoms with van der Waals surface area (Å²) in [5, 5.41) is 0. The van der Waals surface area contributed by atoms with Crippen molar-refractivity contribution >= 4 is 11.8 Å². The summed E-state index contributed by atoms with van der Waals surface area (Å²) in [4.78, 5) is 23.5. The van der Waals surface area contributed by atoms with Crippen molar-refractivity contribution in [2.75, 3.05) is 0 Å². The minimum Gasteiger partial charge on any atom is -0.459 e. The van der Waals surface area contributed by atoms with Gasteiger partial charge in [-0.2, -0.15) is 0 Å². The van der Waals surface area contributed by atoms with E-state index in [1.165, 1.54) is 0 Å². The van der Waals surface area contributed by atoms with E-state index in [1.54, 1.807) is 45.0 Å². The highest BCUT2D eigenvalue weighted by molar-refractivity contribution is 5.98. The third kappa shape index (κ3) is 4.67. The minimum atomic E-state index is -0.920. The Morgan fingerprint density at radius 1 is 1.22 bits per heavy atom. The molecule has 4 nitrogen and oxygen atoms in total. The molecule has 0 amide bonds. The number of nitrogens with two attached hydrogens (primary N) is 1. The number of benzene rings is 1. The largest absolute Gasteiger partial charge is 0.459 e. The molecule has 18 heavy (non-hydrogen) atoms. The van der Waals surface area contributed by atoms with E-state index < -0.39 is 17.6 Å². The van der Waals surface area contributed by atoms with Crippen molar-refractivity contribution in [2.45, 2.75) is 38.8 Å². The lowest BCUT2D eigenvalue weighted by molar-refractivity contribution is -0.156. The summed E-state index contributed by atoms with van der Waals surface area (Å²) < 4.78 is 5.12. The fraction of sp³-hybridized carbons (Fsp3) is 0.429. The SMILES string of the molecule is CC(C)(C)OC(=O)C(N)CC(=O)c1ccccc1. The Kier molecular flexibility index (Phi) is 4.62. The van der Waals surface area contributed by atoms with E-state index in [0.29, 0.717) is 5.56 Å². The van der Waals surface area contributed by atoms with Gasteiger partial charge in [0.15, 0.2) is 5.78 Å². The van der Waals surface area contributed by atoms with Gasteiger partial charge < -0.3 is 10.5 Å². The summed E-state index contributed by atoms with van der Waals surface area (Å²) in [5.41, 5.74) is 5.63. The van der Waals surface area contributed by atoms with E-state index in [4.69, 9.17) is 10.5 Å². The zero-order valence-electron chi connectivity index (χ0n) is 11.0. The smallest absolute Gasteiger partial charge is 0.323 e. The van der Waals surface area contributed by atoms with E-state index in [2.05, 4.69) is 0 Å². The minimum absolute atomic E-state index is 0.0427. The second kappa shape index (κ2) is 5.78. The predicted octanol–water partition coefficient (Wildman–Crippen LogP) is 1.93. The normalized spacial score (nSPS) is 12.9. The molecule has 0 spiro atoms. The summed E-state index contributed by atoms with van der Waals surface area (Å²) in [6, 6.07) is 7.84. The van der Waals surface area contributed by atoms with Gasteiger partial charge in [-0.1, -0.05) is 30.3 Å². The van der Waals surface area contributed by atoms with Gasteiger partial charge in [0.05, 0.1) is 0 Å². The lowest BCUT2D eigenvalue weighted by Gasteiger charge is -2.21. The number of rotatable bonds is 4. The lowest BCUT2D eigenvalue weighted by atomic mass is 10.0. The molecule has 0 saturated heterocycles. The topological polar surface area (TPSA) is 69.4 Å². The summed E-state index contributed by atoms with van der Waals surface area (Å²) in [7, 11) is 0. The molecule has 0 aliphatic carbocycles. The first-order valence-corrected chi connectivity index (χ1v) is 5.86. The zero-order valence-corrected chi connectivity index (χ0v) is 11.0. The number of carbonyl (C=O) groups is 2. The van der Waals surface area contributed by atoms with Crippen LogP contribution >= 0.6 is 0 Å². The Balaban J connectivity index is 2.58. The molecular weight excluding hydrogens is 230 g/mol. The van der Waals surface area contributed by atoms with Gasteiger partial charge in [-0.3, -0.25) is 9.59 Å². The molecule has 1 aromatic rings. The number of ketones is 1. The van der Waals surface area contributed by atoms with Crippen molar-refractivity contribution in [1.82, 2.24) is 0 Å². The Morgan fingerprint density at radius 3 is 2.28 bits per heavy atom. The zero-order chi connectivity index (χ0) is 13.8. The molecule has 1 unspecified atom stereocenters. The molecule has 98 valence electrons. The van der Waals surface area contributed by atoms with Crippen LogP contribution in [0.3, 0.4) is 0 Å². The summed E-state index contributed by atoms with van der Waals surface area (Å²) in [6.07, 6.45) is -0.0427. The van der Waals surface area contributed by atoms with Crippen LogP contribution in [0, 0.1) is 0 Å². The molecular formula is C14H19NO3. The second-order valence-corrected chi connectivity index (χ2v) is 5.13. The molecule has 0 saturated carbocycles.